The Hall–Kier alpha value is -2.77. The number of hydrogen-bond acceptors (Lipinski definition) is 3. The predicted octanol–water partition coefficient (Wildman–Crippen LogP) is 3.59. The molecule has 1 amide bonds. The van der Waals surface area contributed by atoms with Crippen molar-refractivity contribution in [2.75, 3.05) is 5.32 Å². The number of amides is 1. The van der Waals surface area contributed by atoms with Gasteiger partial charge in [-0.1, -0.05) is 12.1 Å². The first-order valence-electron chi connectivity index (χ1n) is 7.01. The fourth-order valence-corrected chi connectivity index (χ4v) is 2.07. The molecule has 2 rings (SSSR count). The van der Waals surface area contributed by atoms with Crippen LogP contribution in [0.1, 0.15) is 17.0 Å². The number of aromatic nitrogens is 2. The van der Waals surface area contributed by atoms with Crippen molar-refractivity contribution in [3.05, 3.63) is 47.3 Å². The average molecular weight is 339 g/mol. The van der Waals surface area contributed by atoms with E-state index in [0.29, 0.717) is 16.9 Å². The molecule has 2 aromatic rings. The Morgan fingerprint density at radius 1 is 1.25 bits per heavy atom. The van der Waals surface area contributed by atoms with E-state index in [0.717, 1.165) is 5.69 Å². The molecule has 1 N–H and O–H groups in total. The minimum absolute atomic E-state index is 0.314. The van der Waals surface area contributed by atoms with E-state index in [4.69, 9.17) is 0 Å². The summed E-state index contributed by atoms with van der Waals surface area (Å²) in [5.74, 6) is -0.671. The highest BCUT2D eigenvalue weighted by Gasteiger charge is 2.30. The first-order valence-corrected chi connectivity index (χ1v) is 7.01. The van der Waals surface area contributed by atoms with E-state index in [1.807, 2.05) is 6.92 Å². The van der Waals surface area contributed by atoms with Crippen molar-refractivity contribution in [3.63, 3.8) is 0 Å². The van der Waals surface area contributed by atoms with E-state index in [2.05, 4.69) is 15.2 Å². The minimum atomic E-state index is -4.73. The molecule has 1 aromatic heterocycles. The van der Waals surface area contributed by atoms with Crippen molar-refractivity contribution in [1.82, 2.24) is 9.78 Å². The Kier molecular flexibility index (Phi) is 4.96. The summed E-state index contributed by atoms with van der Waals surface area (Å²) in [7, 11) is 1.78. The van der Waals surface area contributed by atoms with Crippen molar-refractivity contribution in [3.8, 4) is 5.75 Å². The van der Waals surface area contributed by atoms with Crippen LogP contribution in [0.15, 0.2) is 30.3 Å². The van der Waals surface area contributed by atoms with Crippen LogP contribution in [-0.4, -0.2) is 22.1 Å². The largest absolute Gasteiger partial charge is 0.573 e. The lowest BCUT2D eigenvalue weighted by Crippen LogP contribution is -2.16. The summed E-state index contributed by atoms with van der Waals surface area (Å²) in [6.45, 7) is 3.62. The fraction of sp³-hybridized carbons (Fsp3) is 0.250. The van der Waals surface area contributed by atoms with Crippen LogP contribution in [0, 0.1) is 13.8 Å². The van der Waals surface area contributed by atoms with Gasteiger partial charge in [-0.3, -0.25) is 9.48 Å². The number of aryl methyl sites for hydroxylation is 2. The molecule has 0 saturated carbocycles. The van der Waals surface area contributed by atoms with Crippen LogP contribution < -0.4 is 10.1 Å². The van der Waals surface area contributed by atoms with E-state index in [-0.39, 0.29) is 11.7 Å². The molecule has 0 spiro atoms. The number of alkyl halides is 3. The second-order valence-electron chi connectivity index (χ2n) is 5.11. The smallest absolute Gasteiger partial charge is 0.406 e. The Labute approximate surface area is 136 Å². The van der Waals surface area contributed by atoms with Crippen LogP contribution in [-0.2, 0) is 11.8 Å². The quantitative estimate of drug-likeness (QED) is 0.866. The molecule has 1 heterocycles. The summed E-state index contributed by atoms with van der Waals surface area (Å²) < 4.78 is 41.7. The van der Waals surface area contributed by atoms with Crippen molar-refractivity contribution < 1.29 is 22.7 Å². The number of nitrogens with zero attached hydrogens (tertiary/aromatic N) is 2. The Balaban J connectivity index is 2.01. The number of ether oxygens (including phenoxy) is 1. The molecular formula is C16H16F3N3O2. The van der Waals surface area contributed by atoms with Crippen LogP contribution in [0.4, 0.5) is 18.9 Å². The summed E-state index contributed by atoms with van der Waals surface area (Å²) in [4.78, 5) is 11.9. The molecule has 0 fully saturated rings. The highest BCUT2D eigenvalue weighted by Crippen LogP contribution is 2.23. The van der Waals surface area contributed by atoms with Crippen LogP contribution in [0.2, 0.25) is 0 Å². The fourth-order valence-electron chi connectivity index (χ4n) is 2.07. The number of halogens is 3. The van der Waals surface area contributed by atoms with Crippen LogP contribution >= 0.6 is 0 Å². The molecule has 0 aliphatic rings. The standard InChI is InChI=1S/C16H16F3N3O2/c1-10-15(11(2)22(3)21-10)20-14(23)9-6-12-4-7-13(8-5-12)24-16(17,18)19/h4-9H,1-3H3,(H,20,23)/b9-6+. The van der Waals surface area contributed by atoms with E-state index >= 15 is 0 Å². The third-order valence-corrected chi connectivity index (χ3v) is 3.30. The zero-order valence-corrected chi connectivity index (χ0v) is 13.3. The Bertz CT molecular complexity index is 762. The van der Waals surface area contributed by atoms with Gasteiger partial charge in [0.2, 0.25) is 5.91 Å². The molecule has 128 valence electrons. The van der Waals surface area contributed by atoms with Gasteiger partial charge < -0.3 is 10.1 Å². The number of benzene rings is 1. The number of carbonyl (C=O) groups is 1. The van der Waals surface area contributed by atoms with Crippen LogP contribution in [0.25, 0.3) is 6.08 Å². The van der Waals surface area contributed by atoms with Gasteiger partial charge >= 0.3 is 6.36 Å². The molecule has 1 aromatic carbocycles. The van der Waals surface area contributed by atoms with Crippen molar-refractivity contribution >= 4 is 17.7 Å². The molecule has 24 heavy (non-hydrogen) atoms. The summed E-state index contributed by atoms with van der Waals surface area (Å²) >= 11 is 0. The first kappa shape index (κ1) is 17.6. The highest BCUT2D eigenvalue weighted by molar-refractivity contribution is 6.02. The van der Waals surface area contributed by atoms with E-state index < -0.39 is 6.36 Å². The van der Waals surface area contributed by atoms with Gasteiger partial charge in [-0.2, -0.15) is 5.10 Å². The zero-order valence-electron chi connectivity index (χ0n) is 13.3. The lowest BCUT2D eigenvalue weighted by Gasteiger charge is -2.08. The number of nitrogens with one attached hydrogen (secondary N) is 1. The molecule has 0 saturated heterocycles. The topological polar surface area (TPSA) is 56.2 Å². The monoisotopic (exact) mass is 339 g/mol. The third-order valence-electron chi connectivity index (χ3n) is 3.30. The maximum absolute atomic E-state index is 12.1. The van der Waals surface area contributed by atoms with Crippen LogP contribution in [0.3, 0.4) is 0 Å². The second-order valence-corrected chi connectivity index (χ2v) is 5.11. The molecule has 0 aliphatic carbocycles. The summed E-state index contributed by atoms with van der Waals surface area (Å²) in [6, 6.07) is 5.21. The Morgan fingerprint density at radius 3 is 2.38 bits per heavy atom. The SMILES string of the molecule is Cc1nn(C)c(C)c1NC(=O)/C=C/c1ccc(OC(F)(F)F)cc1. The first-order chi connectivity index (χ1) is 11.2. The van der Waals surface area contributed by atoms with Crippen LogP contribution in [0.5, 0.6) is 5.75 Å². The summed E-state index contributed by atoms with van der Waals surface area (Å²) in [5.41, 5.74) is 2.73. The molecule has 0 aliphatic heterocycles. The van der Waals surface area contributed by atoms with Gasteiger partial charge in [0.25, 0.3) is 0 Å². The molecule has 0 radical (unpaired) electrons. The average Bonchev–Trinajstić information content (AvgIpc) is 2.71. The number of rotatable bonds is 4. The minimum Gasteiger partial charge on any atom is -0.406 e. The lowest BCUT2D eigenvalue weighted by molar-refractivity contribution is -0.274. The number of hydrogen-bond donors (Lipinski definition) is 1. The molecule has 8 heteroatoms. The van der Waals surface area contributed by atoms with Gasteiger partial charge in [0.05, 0.1) is 17.1 Å². The Morgan fingerprint density at radius 2 is 1.88 bits per heavy atom. The van der Waals surface area contributed by atoms with Crippen molar-refractivity contribution in [1.29, 1.82) is 0 Å². The summed E-state index contributed by atoms with van der Waals surface area (Å²) in [6.07, 6.45) is -1.93. The van der Waals surface area contributed by atoms with Gasteiger partial charge in [-0.05, 0) is 37.6 Å². The van der Waals surface area contributed by atoms with E-state index in [1.54, 1.807) is 18.7 Å². The number of anilines is 1. The summed E-state index contributed by atoms with van der Waals surface area (Å²) in [5, 5.41) is 6.92. The van der Waals surface area contributed by atoms with Gasteiger partial charge in [-0.15, -0.1) is 13.2 Å². The lowest BCUT2D eigenvalue weighted by atomic mass is 10.2. The molecule has 0 unspecified atom stereocenters. The normalized spacial score (nSPS) is 11.8. The number of carbonyl (C=O) groups excluding carboxylic acids is 1. The molecule has 0 bridgehead atoms. The maximum Gasteiger partial charge on any atom is 0.573 e. The molecule has 0 atom stereocenters. The van der Waals surface area contributed by atoms with E-state index in [9.17, 15) is 18.0 Å². The van der Waals surface area contributed by atoms with Gasteiger partial charge in [0, 0.05) is 13.1 Å². The second kappa shape index (κ2) is 6.77. The van der Waals surface area contributed by atoms with E-state index in [1.165, 1.54) is 36.4 Å². The molecular weight excluding hydrogens is 323 g/mol. The predicted molar refractivity (Wildman–Crippen MR) is 83.5 cm³/mol. The van der Waals surface area contributed by atoms with Crippen molar-refractivity contribution in [2.45, 2.75) is 20.2 Å². The third kappa shape index (κ3) is 4.61. The zero-order chi connectivity index (χ0) is 17.9. The highest BCUT2D eigenvalue weighted by atomic mass is 19.4. The van der Waals surface area contributed by atoms with Gasteiger partial charge in [0.1, 0.15) is 5.75 Å². The van der Waals surface area contributed by atoms with Gasteiger partial charge in [-0.25, -0.2) is 0 Å². The molecule has 5 nitrogen and oxygen atoms in total. The maximum atomic E-state index is 12.1. The van der Waals surface area contributed by atoms with Gasteiger partial charge in [0.15, 0.2) is 0 Å². The van der Waals surface area contributed by atoms with Crippen molar-refractivity contribution in [2.24, 2.45) is 7.05 Å².